The molecule has 0 saturated heterocycles. The highest BCUT2D eigenvalue weighted by Gasteiger charge is 2.23. The van der Waals surface area contributed by atoms with E-state index in [0.717, 1.165) is 5.56 Å². The van der Waals surface area contributed by atoms with E-state index in [1.165, 1.54) is 11.9 Å². The van der Waals surface area contributed by atoms with E-state index < -0.39 is 18.0 Å². The zero-order valence-corrected chi connectivity index (χ0v) is 12.3. The van der Waals surface area contributed by atoms with Crippen molar-refractivity contribution in [3.63, 3.8) is 0 Å². The van der Waals surface area contributed by atoms with E-state index in [1.807, 2.05) is 30.3 Å². The summed E-state index contributed by atoms with van der Waals surface area (Å²) in [5.74, 6) is -1.07. The fourth-order valence-corrected chi connectivity index (χ4v) is 1.79. The molecule has 1 aromatic carbocycles. The maximum atomic E-state index is 11.9. The zero-order chi connectivity index (χ0) is 15.8. The van der Waals surface area contributed by atoms with E-state index in [1.54, 1.807) is 6.92 Å². The summed E-state index contributed by atoms with van der Waals surface area (Å²) in [4.78, 5) is 24.4. The summed E-state index contributed by atoms with van der Waals surface area (Å²) in [5.41, 5.74) is 1.02. The molecule has 6 heteroatoms. The number of likely N-dealkylation sites (N-methyl/N-ethyl adjacent to an activating group) is 1. The number of carbonyl (C=O) groups excluding carboxylic acids is 1. The Bertz CT molecular complexity index is 464. The molecule has 0 spiro atoms. The van der Waals surface area contributed by atoms with Gasteiger partial charge in [0.15, 0.2) is 0 Å². The third-order valence-electron chi connectivity index (χ3n) is 3.41. The zero-order valence-electron chi connectivity index (χ0n) is 12.3. The first-order valence-corrected chi connectivity index (χ1v) is 6.86. The molecule has 0 aliphatic carbocycles. The largest absolute Gasteiger partial charge is 0.480 e. The number of hydrogen-bond acceptors (Lipinski definition) is 3. The Kier molecular flexibility index (Phi) is 6.68. The predicted octanol–water partition coefficient (Wildman–Crippen LogP) is 1.09. The Morgan fingerprint density at radius 2 is 1.90 bits per heavy atom. The number of carbonyl (C=O) groups is 2. The van der Waals surface area contributed by atoms with Gasteiger partial charge in [0, 0.05) is 7.05 Å². The number of carboxylic acids is 1. The first-order valence-electron chi connectivity index (χ1n) is 6.86. The number of hydrogen-bond donors (Lipinski definition) is 3. The molecule has 0 radical (unpaired) electrons. The topological polar surface area (TPSA) is 89.9 Å². The van der Waals surface area contributed by atoms with Crippen LogP contribution >= 0.6 is 0 Å². The van der Waals surface area contributed by atoms with Crippen molar-refractivity contribution < 1.29 is 19.8 Å². The lowest BCUT2D eigenvalue weighted by Crippen LogP contribution is -2.50. The average molecular weight is 294 g/mol. The molecule has 0 bridgehead atoms. The number of benzene rings is 1. The van der Waals surface area contributed by atoms with E-state index in [-0.39, 0.29) is 12.6 Å². The van der Waals surface area contributed by atoms with Crippen molar-refractivity contribution >= 4 is 12.0 Å². The number of aliphatic carboxylic acids is 1. The SMILES string of the molecule is CC(CO)N(C)C(=O)N[C@@H](CCc1ccccc1)C(=O)O. The van der Waals surface area contributed by atoms with Crippen molar-refractivity contribution in [3.8, 4) is 0 Å². The van der Waals surface area contributed by atoms with Crippen LogP contribution < -0.4 is 5.32 Å². The van der Waals surface area contributed by atoms with Gasteiger partial charge in [-0.3, -0.25) is 0 Å². The molecule has 116 valence electrons. The fourth-order valence-electron chi connectivity index (χ4n) is 1.79. The second-order valence-electron chi connectivity index (χ2n) is 5.01. The Balaban J connectivity index is 2.58. The van der Waals surface area contributed by atoms with Crippen molar-refractivity contribution in [2.24, 2.45) is 0 Å². The minimum absolute atomic E-state index is 0.175. The van der Waals surface area contributed by atoms with Gasteiger partial charge >= 0.3 is 12.0 Å². The van der Waals surface area contributed by atoms with Crippen molar-refractivity contribution in [3.05, 3.63) is 35.9 Å². The second kappa shape index (κ2) is 8.26. The van der Waals surface area contributed by atoms with Crippen LogP contribution in [0.25, 0.3) is 0 Å². The van der Waals surface area contributed by atoms with Crippen molar-refractivity contribution in [1.82, 2.24) is 10.2 Å². The molecule has 0 fully saturated rings. The Morgan fingerprint density at radius 3 is 2.43 bits per heavy atom. The lowest BCUT2D eigenvalue weighted by Gasteiger charge is -2.25. The van der Waals surface area contributed by atoms with Gasteiger partial charge in [0.25, 0.3) is 0 Å². The van der Waals surface area contributed by atoms with Gasteiger partial charge in [0.1, 0.15) is 6.04 Å². The quantitative estimate of drug-likeness (QED) is 0.702. The van der Waals surface area contributed by atoms with Crippen LogP contribution in [-0.4, -0.2) is 52.9 Å². The summed E-state index contributed by atoms with van der Waals surface area (Å²) in [5, 5.41) is 20.7. The lowest BCUT2D eigenvalue weighted by atomic mass is 10.1. The molecule has 2 amide bonds. The van der Waals surface area contributed by atoms with Crippen molar-refractivity contribution in [1.29, 1.82) is 0 Å². The molecule has 0 aromatic heterocycles. The molecule has 0 aliphatic rings. The van der Waals surface area contributed by atoms with Gasteiger partial charge in [0.05, 0.1) is 12.6 Å². The highest BCUT2D eigenvalue weighted by Crippen LogP contribution is 2.06. The standard InChI is InChI=1S/C15H22N2O4/c1-11(10-18)17(2)15(21)16-13(14(19)20)9-8-12-6-4-3-5-7-12/h3-7,11,13,18H,8-10H2,1-2H3,(H,16,21)(H,19,20)/t11?,13-/m0/s1. The molecular weight excluding hydrogens is 272 g/mol. The number of nitrogens with one attached hydrogen (secondary N) is 1. The molecule has 0 heterocycles. The molecule has 21 heavy (non-hydrogen) atoms. The van der Waals surface area contributed by atoms with Gasteiger partial charge in [-0.15, -0.1) is 0 Å². The summed E-state index contributed by atoms with van der Waals surface area (Å²) < 4.78 is 0. The van der Waals surface area contributed by atoms with E-state index in [4.69, 9.17) is 5.11 Å². The summed E-state index contributed by atoms with van der Waals surface area (Å²) in [7, 11) is 1.52. The second-order valence-corrected chi connectivity index (χ2v) is 5.01. The van der Waals surface area contributed by atoms with Crippen molar-refractivity contribution in [2.75, 3.05) is 13.7 Å². The summed E-state index contributed by atoms with van der Waals surface area (Å²) in [6.07, 6.45) is 0.879. The molecule has 1 aromatic rings. The van der Waals surface area contributed by atoms with Gasteiger partial charge in [0.2, 0.25) is 0 Å². The van der Waals surface area contributed by atoms with Crippen LogP contribution in [-0.2, 0) is 11.2 Å². The van der Waals surface area contributed by atoms with Gasteiger partial charge < -0.3 is 20.4 Å². The summed E-state index contributed by atoms with van der Waals surface area (Å²) >= 11 is 0. The molecule has 0 saturated carbocycles. The van der Waals surface area contributed by atoms with Crippen LogP contribution in [0.4, 0.5) is 4.79 Å². The van der Waals surface area contributed by atoms with Gasteiger partial charge in [-0.2, -0.15) is 0 Å². The average Bonchev–Trinajstić information content (AvgIpc) is 2.50. The van der Waals surface area contributed by atoms with Gasteiger partial charge in [-0.1, -0.05) is 30.3 Å². The molecule has 1 rings (SSSR count). The molecule has 1 unspecified atom stereocenters. The monoisotopic (exact) mass is 294 g/mol. The smallest absolute Gasteiger partial charge is 0.326 e. The molecule has 3 N–H and O–H groups in total. The maximum Gasteiger partial charge on any atom is 0.326 e. The normalized spacial score (nSPS) is 13.3. The number of aliphatic hydroxyl groups is 1. The third-order valence-corrected chi connectivity index (χ3v) is 3.41. The number of carboxylic acid groups (broad SMARTS) is 1. The van der Waals surface area contributed by atoms with Crippen LogP contribution in [0.15, 0.2) is 30.3 Å². The van der Waals surface area contributed by atoms with Crippen LogP contribution in [0.5, 0.6) is 0 Å². The number of amides is 2. The number of aliphatic hydroxyl groups excluding tert-OH is 1. The van der Waals surface area contributed by atoms with E-state index in [9.17, 15) is 14.7 Å². The van der Waals surface area contributed by atoms with E-state index in [0.29, 0.717) is 12.8 Å². The van der Waals surface area contributed by atoms with Gasteiger partial charge in [-0.05, 0) is 25.3 Å². The van der Waals surface area contributed by atoms with Gasteiger partial charge in [-0.25, -0.2) is 9.59 Å². The van der Waals surface area contributed by atoms with Crippen LogP contribution in [0, 0.1) is 0 Å². The maximum absolute atomic E-state index is 11.9. The Labute approximate surface area is 124 Å². The third kappa shape index (κ3) is 5.43. The van der Waals surface area contributed by atoms with Crippen LogP contribution in [0.3, 0.4) is 0 Å². The number of rotatable bonds is 7. The number of aryl methyl sites for hydroxylation is 1. The first kappa shape index (κ1) is 17.0. The number of nitrogens with zero attached hydrogens (tertiary/aromatic N) is 1. The predicted molar refractivity (Wildman–Crippen MR) is 79.0 cm³/mol. The Morgan fingerprint density at radius 1 is 1.29 bits per heavy atom. The van der Waals surface area contributed by atoms with Crippen LogP contribution in [0.1, 0.15) is 18.9 Å². The lowest BCUT2D eigenvalue weighted by molar-refractivity contribution is -0.139. The highest BCUT2D eigenvalue weighted by atomic mass is 16.4. The Hall–Kier alpha value is -2.08. The van der Waals surface area contributed by atoms with E-state index in [2.05, 4.69) is 5.32 Å². The first-order chi connectivity index (χ1) is 9.95. The minimum atomic E-state index is -1.07. The molecule has 2 atom stereocenters. The highest BCUT2D eigenvalue weighted by molar-refractivity contribution is 5.82. The summed E-state index contributed by atoms with van der Waals surface area (Å²) in [6, 6.07) is 7.68. The van der Waals surface area contributed by atoms with Crippen molar-refractivity contribution in [2.45, 2.75) is 31.8 Å². The van der Waals surface area contributed by atoms with E-state index >= 15 is 0 Å². The molecular formula is C15H22N2O4. The summed E-state index contributed by atoms with van der Waals surface area (Å²) in [6.45, 7) is 1.50. The number of urea groups is 1. The molecule has 6 nitrogen and oxygen atoms in total. The molecule has 0 aliphatic heterocycles. The minimum Gasteiger partial charge on any atom is -0.480 e. The fraction of sp³-hybridized carbons (Fsp3) is 0.467. The van der Waals surface area contributed by atoms with Crippen LogP contribution in [0.2, 0.25) is 0 Å².